The Morgan fingerprint density at radius 3 is 2.46 bits per heavy atom. The molecule has 200 valence electrons. The topological polar surface area (TPSA) is 114 Å². The number of nitrogens with zero attached hydrogens (tertiary/aromatic N) is 1. The summed E-state index contributed by atoms with van der Waals surface area (Å²) in [6.07, 6.45) is 1.34. The first-order valence-electron chi connectivity index (χ1n) is 11.5. The fraction of sp³-hybridized carbons (Fsp3) is 0.111. The van der Waals surface area contributed by atoms with Crippen molar-refractivity contribution in [1.29, 1.82) is 0 Å². The van der Waals surface area contributed by atoms with E-state index in [1.165, 1.54) is 12.1 Å². The molecule has 0 radical (unpaired) electrons. The standard InChI is InChI=1S/C27H20BrCl2N3O6/c1-2-38-22-12-15(10-18-25(35)32-27(37)33(26(18)36)17-6-4-3-5-7-17)11-19(28)24(22)39-14-23(34)31-16-8-9-20(29)21(30)13-16/h3-13H,2,14H2,1H3,(H,31,34)(H,32,35,37)/b18-10-. The average Bonchev–Trinajstić information content (AvgIpc) is 2.89. The molecule has 0 spiro atoms. The Balaban J connectivity index is 1.56. The van der Waals surface area contributed by atoms with Crippen LogP contribution in [0.1, 0.15) is 12.5 Å². The van der Waals surface area contributed by atoms with Crippen LogP contribution in [0.25, 0.3) is 6.08 Å². The molecule has 1 heterocycles. The number of hydrogen-bond donors (Lipinski definition) is 2. The van der Waals surface area contributed by atoms with Crippen molar-refractivity contribution in [2.24, 2.45) is 0 Å². The number of halogens is 3. The largest absolute Gasteiger partial charge is 0.490 e. The van der Waals surface area contributed by atoms with E-state index in [-0.39, 0.29) is 30.3 Å². The number of nitrogens with one attached hydrogen (secondary N) is 2. The predicted octanol–water partition coefficient (Wildman–Crippen LogP) is 5.84. The molecule has 1 saturated heterocycles. The van der Waals surface area contributed by atoms with Crippen molar-refractivity contribution < 1.29 is 28.7 Å². The van der Waals surface area contributed by atoms with Gasteiger partial charge in [-0.15, -0.1) is 0 Å². The molecule has 9 nitrogen and oxygen atoms in total. The monoisotopic (exact) mass is 631 g/mol. The van der Waals surface area contributed by atoms with E-state index in [0.717, 1.165) is 4.90 Å². The lowest BCUT2D eigenvalue weighted by Gasteiger charge is -2.26. The van der Waals surface area contributed by atoms with E-state index >= 15 is 0 Å². The average molecular weight is 633 g/mol. The number of benzene rings is 3. The van der Waals surface area contributed by atoms with E-state index in [2.05, 4.69) is 26.6 Å². The highest BCUT2D eigenvalue weighted by molar-refractivity contribution is 9.10. The minimum Gasteiger partial charge on any atom is -0.490 e. The third-order valence-electron chi connectivity index (χ3n) is 5.31. The summed E-state index contributed by atoms with van der Waals surface area (Å²) in [6, 6.07) is 15.2. The molecule has 0 saturated carbocycles. The number of ether oxygens (including phenoxy) is 2. The summed E-state index contributed by atoms with van der Waals surface area (Å²) < 4.78 is 11.8. The molecule has 12 heteroatoms. The molecule has 0 aliphatic carbocycles. The van der Waals surface area contributed by atoms with Crippen molar-refractivity contribution in [3.8, 4) is 11.5 Å². The summed E-state index contributed by atoms with van der Waals surface area (Å²) in [5, 5.41) is 5.50. The smallest absolute Gasteiger partial charge is 0.335 e. The van der Waals surface area contributed by atoms with Crippen molar-refractivity contribution in [2.75, 3.05) is 23.4 Å². The number of anilines is 2. The number of imide groups is 2. The first-order chi connectivity index (χ1) is 18.7. The van der Waals surface area contributed by atoms with Gasteiger partial charge in [0.1, 0.15) is 5.57 Å². The fourth-order valence-corrected chi connectivity index (χ4v) is 4.49. The van der Waals surface area contributed by atoms with Crippen molar-refractivity contribution in [2.45, 2.75) is 6.92 Å². The van der Waals surface area contributed by atoms with Crippen molar-refractivity contribution >= 4 is 80.3 Å². The molecule has 0 unspecified atom stereocenters. The van der Waals surface area contributed by atoms with Gasteiger partial charge in [0.05, 0.1) is 26.8 Å². The molecule has 0 atom stereocenters. The van der Waals surface area contributed by atoms with Crippen LogP contribution in [-0.4, -0.2) is 37.0 Å². The van der Waals surface area contributed by atoms with Crippen molar-refractivity contribution in [1.82, 2.24) is 5.32 Å². The summed E-state index contributed by atoms with van der Waals surface area (Å²) in [4.78, 5) is 51.4. The van der Waals surface area contributed by atoms with Crippen LogP contribution in [0.3, 0.4) is 0 Å². The van der Waals surface area contributed by atoms with Gasteiger partial charge in [0.15, 0.2) is 18.1 Å². The summed E-state index contributed by atoms with van der Waals surface area (Å²) >= 11 is 15.3. The van der Waals surface area contributed by atoms with Gasteiger partial charge in [0.25, 0.3) is 17.7 Å². The molecule has 39 heavy (non-hydrogen) atoms. The zero-order valence-corrected chi connectivity index (χ0v) is 23.4. The van der Waals surface area contributed by atoms with Crippen LogP contribution in [0.4, 0.5) is 16.2 Å². The SMILES string of the molecule is CCOc1cc(/C=C2/C(=O)NC(=O)N(c3ccccc3)C2=O)cc(Br)c1OCC(=O)Nc1ccc(Cl)c(Cl)c1. The van der Waals surface area contributed by atoms with Gasteiger partial charge in [-0.25, -0.2) is 9.69 Å². The summed E-state index contributed by atoms with van der Waals surface area (Å²) in [5.41, 5.74) is 0.932. The zero-order chi connectivity index (χ0) is 28.1. The maximum Gasteiger partial charge on any atom is 0.335 e. The molecular formula is C27H20BrCl2N3O6. The second-order valence-corrected chi connectivity index (χ2v) is 9.69. The number of hydrogen-bond acceptors (Lipinski definition) is 6. The van der Waals surface area contributed by atoms with Crippen molar-refractivity contribution in [3.05, 3.63) is 86.3 Å². The van der Waals surface area contributed by atoms with Gasteiger partial charge < -0.3 is 14.8 Å². The second kappa shape index (κ2) is 12.3. The van der Waals surface area contributed by atoms with Crippen LogP contribution >= 0.6 is 39.1 Å². The zero-order valence-electron chi connectivity index (χ0n) is 20.3. The molecule has 1 aliphatic rings. The van der Waals surface area contributed by atoms with Gasteiger partial charge in [-0.1, -0.05) is 41.4 Å². The number of carbonyl (C=O) groups is 4. The number of para-hydroxylation sites is 1. The van der Waals surface area contributed by atoms with Crippen LogP contribution in [-0.2, 0) is 14.4 Å². The van der Waals surface area contributed by atoms with E-state index in [0.29, 0.717) is 31.5 Å². The summed E-state index contributed by atoms with van der Waals surface area (Å²) in [6.45, 7) is 1.68. The summed E-state index contributed by atoms with van der Waals surface area (Å²) in [5.74, 6) is -1.55. The predicted molar refractivity (Wildman–Crippen MR) is 151 cm³/mol. The van der Waals surface area contributed by atoms with E-state index in [9.17, 15) is 19.2 Å². The third kappa shape index (κ3) is 6.59. The van der Waals surface area contributed by atoms with E-state index in [1.807, 2.05) is 0 Å². The first-order valence-corrected chi connectivity index (χ1v) is 13.0. The normalized spacial score (nSPS) is 14.3. The number of carbonyl (C=O) groups excluding carboxylic acids is 4. The lowest BCUT2D eigenvalue weighted by atomic mass is 10.1. The Labute approximate surface area is 241 Å². The van der Waals surface area contributed by atoms with Gasteiger partial charge in [0, 0.05) is 5.69 Å². The highest BCUT2D eigenvalue weighted by Gasteiger charge is 2.36. The lowest BCUT2D eigenvalue weighted by Crippen LogP contribution is -2.54. The Morgan fingerprint density at radius 1 is 1.03 bits per heavy atom. The molecular weight excluding hydrogens is 613 g/mol. The van der Waals surface area contributed by atoms with Crippen LogP contribution in [0.2, 0.25) is 10.0 Å². The van der Waals surface area contributed by atoms with Gasteiger partial charge in [-0.2, -0.15) is 0 Å². The van der Waals surface area contributed by atoms with Crippen LogP contribution < -0.4 is 25.0 Å². The Kier molecular flexibility index (Phi) is 8.90. The molecule has 5 amide bonds. The van der Waals surface area contributed by atoms with Crippen molar-refractivity contribution in [3.63, 3.8) is 0 Å². The molecule has 0 bridgehead atoms. The third-order valence-corrected chi connectivity index (χ3v) is 6.64. The summed E-state index contributed by atoms with van der Waals surface area (Å²) in [7, 11) is 0. The van der Waals surface area contributed by atoms with Crippen LogP contribution in [0.5, 0.6) is 11.5 Å². The number of amides is 5. The molecule has 3 aromatic rings. The first kappa shape index (κ1) is 28.2. The highest BCUT2D eigenvalue weighted by Crippen LogP contribution is 2.38. The lowest BCUT2D eigenvalue weighted by molar-refractivity contribution is -0.122. The molecule has 1 fully saturated rings. The fourth-order valence-electron chi connectivity index (χ4n) is 3.62. The quantitative estimate of drug-likeness (QED) is 0.238. The number of barbiturate groups is 1. The van der Waals surface area contributed by atoms with Gasteiger partial charge in [-0.05, 0) is 77.0 Å². The Bertz CT molecular complexity index is 1500. The molecule has 4 rings (SSSR count). The van der Waals surface area contributed by atoms with Crippen LogP contribution in [0.15, 0.2) is 70.7 Å². The number of urea groups is 1. The van der Waals surface area contributed by atoms with E-state index < -0.39 is 23.8 Å². The number of rotatable bonds is 8. The Hall–Kier alpha value is -3.86. The second-order valence-electron chi connectivity index (χ2n) is 8.02. The minimum atomic E-state index is -0.840. The highest BCUT2D eigenvalue weighted by atomic mass is 79.9. The van der Waals surface area contributed by atoms with Gasteiger partial charge in [-0.3, -0.25) is 19.7 Å². The molecule has 3 aromatic carbocycles. The minimum absolute atomic E-state index is 0.240. The molecule has 1 aliphatic heterocycles. The maximum absolute atomic E-state index is 13.1. The van der Waals surface area contributed by atoms with Gasteiger partial charge in [0.2, 0.25) is 0 Å². The Morgan fingerprint density at radius 2 is 1.77 bits per heavy atom. The molecule has 2 N–H and O–H groups in total. The maximum atomic E-state index is 13.1. The van der Waals surface area contributed by atoms with Crippen LogP contribution in [0, 0.1) is 0 Å². The van der Waals surface area contributed by atoms with E-state index in [4.69, 9.17) is 32.7 Å². The molecule has 0 aromatic heterocycles. The van der Waals surface area contributed by atoms with Gasteiger partial charge >= 0.3 is 6.03 Å². The van der Waals surface area contributed by atoms with E-state index in [1.54, 1.807) is 61.5 Å².